The van der Waals surface area contributed by atoms with E-state index in [0.29, 0.717) is 22.9 Å². The molecule has 1 aliphatic rings. The smallest absolute Gasteiger partial charge is 0.253 e. The highest BCUT2D eigenvalue weighted by Gasteiger charge is 2.46. The maximum Gasteiger partial charge on any atom is 0.253 e. The summed E-state index contributed by atoms with van der Waals surface area (Å²) in [5, 5.41) is -0.616. The first-order valence-electron chi connectivity index (χ1n) is 5.44. The molecule has 1 unspecified atom stereocenters. The number of halogens is 4. The molecule has 5 heteroatoms. The van der Waals surface area contributed by atoms with E-state index in [4.69, 9.17) is 11.6 Å². The van der Waals surface area contributed by atoms with Crippen molar-refractivity contribution < 1.29 is 9.18 Å². The lowest BCUT2D eigenvalue weighted by atomic mass is 9.73. The molecule has 0 spiro atoms. The summed E-state index contributed by atoms with van der Waals surface area (Å²) >= 11 is 12.4. The molecular weight excluding hydrogens is 374 g/mol. The van der Waals surface area contributed by atoms with E-state index < -0.39 is 15.5 Å². The Morgan fingerprint density at radius 2 is 1.94 bits per heavy atom. The van der Waals surface area contributed by atoms with Crippen LogP contribution in [-0.2, 0) is 4.79 Å². The van der Waals surface area contributed by atoms with Crippen LogP contribution in [0.25, 0.3) is 0 Å². The second kappa shape index (κ2) is 5.54. The highest BCUT2D eigenvalue weighted by atomic mass is 79.9. The molecule has 0 amide bonds. The van der Waals surface area contributed by atoms with Gasteiger partial charge in [-0.3, -0.25) is 4.79 Å². The number of alkyl halides is 1. The van der Waals surface area contributed by atoms with Gasteiger partial charge in [-0.1, -0.05) is 45.7 Å². The van der Waals surface area contributed by atoms with Gasteiger partial charge in [-0.25, -0.2) is 4.39 Å². The Balaban J connectivity index is 3.54. The second-order valence-corrected chi connectivity index (χ2v) is 6.21. The third kappa shape index (κ3) is 2.28. The van der Waals surface area contributed by atoms with Crippen molar-refractivity contribution in [3.05, 3.63) is 21.5 Å². The van der Waals surface area contributed by atoms with E-state index in [9.17, 15) is 9.18 Å². The molecule has 0 aromatic rings. The van der Waals surface area contributed by atoms with Gasteiger partial charge >= 0.3 is 0 Å². The molecule has 0 saturated carbocycles. The zero-order valence-corrected chi connectivity index (χ0v) is 13.8. The molecule has 96 valence electrons. The first-order chi connectivity index (χ1) is 7.83. The summed E-state index contributed by atoms with van der Waals surface area (Å²) in [6.45, 7) is 5.53. The Morgan fingerprint density at radius 1 is 1.47 bits per heavy atom. The highest BCUT2D eigenvalue weighted by Crippen LogP contribution is 2.54. The first-order valence-corrected chi connectivity index (χ1v) is 7.52. The molecule has 0 radical (unpaired) electrons. The molecule has 0 fully saturated rings. The molecule has 0 heterocycles. The van der Waals surface area contributed by atoms with Crippen LogP contribution in [0, 0.1) is 5.41 Å². The highest BCUT2D eigenvalue weighted by molar-refractivity contribution is 9.12. The van der Waals surface area contributed by atoms with Gasteiger partial charge < -0.3 is 0 Å². The molecule has 0 aliphatic heterocycles. The molecule has 1 rings (SSSR count). The Labute approximate surface area is 123 Å². The number of carbonyl (C=O) groups is 1. The van der Waals surface area contributed by atoms with E-state index in [0.717, 1.165) is 0 Å². The maximum atomic E-state index is 14.2. The fourth-order valence-corrected chi connectivity index (χ4v) is 5.37. The molecule has 0 N–H and O–H groups in total. The maximum absolute atomic E-state index is 14.2. The summed E-state index contributed by atoms with van der Waals surface area (Å²) in [7, 11) is 0. The average Bonchev–Trinajstić information content (AvgIpc) is 2.28. The van der Waals surface area contributed by atoms with Crippen molar-refractivity contribution in [1.29, 1.82) is 0 Å². The van der Waals surface area contributed by atoms with Gasteiger partial charge in [0.1, 0.15) is 5.83 Å². The molecule has 1 nitrogen and oxygen atoms in total. The number of hydrogen-bond acceptors (Lipinski definition) is 1. The Bertz CT molecular complexity index is 411. The van der Waals surface area contributed by atoms with Gasteiger partial charge in [0.2, 0.25) is 0 Å². The largest absolute Gasteiger partial charge is 0.276 e. The van der Waals surface area contributed by atoms with Gasteiger partial charge in [0, 0.05) is 9.90 Å². The zero-order valence-electron chi connectivity index (χ0n) is 9.91. The van der Waals surface area contributed by atoms with E-state index in [2.05, 4.69) is 31.9 Å². The first kappa shape index (κ1) is 15.4. The van der Waals surface area contributed by atoms with E-state index >= 15 is 0 Å². The minimum absolute atomic E-state index is 0.267. The predicted octanol–water partition coefficient (Wildman–Crippen LogP) is 5.23. The van der Waals surface area contributed by atoms with Gasteiger partial charge in [-0.05, 0) is 36.9 Å². The lowest BCUT2D eigenvalue weighted by Crippen LogP contribution is -2.36. The summed E-state index contributed by atoms with van der Waals surface area (Å²) in [6, 6.07) is 0. The van der Waals surface area contributed by atoms with Crippen LogP contribution in [0.1, 0.15) is 33.6 Å². The molecule has 1 atom stereocenters. The fourth-order valence-electron chi connectivity index (χ4n) is 2.23. The van der Waals surface area contributed by atoms with Crippen LogP contribution in [0.2, 0.25) is 0 Å². The van der Waals surface area contributed by atoms with Gasteiger partial charge in [-0.2, -0.15) is 0 Å². The van der Waals surface area contributed by atoms with Crippen molar-refractivity contribution in [2.45, 2.75) is 38.4 Å². The summed E-state index contributed by atoms with van der Waals surface area (Å²) in [5.41, 5.74) is 0.142. The van der Waals surface area contributed by atoms with Crippen LogP contribution < -0.4 is 0 Å². The normalized spacial score (nSPS) is 24.3. The Hall–Kier alpha value is 0.330. The molecule has 0 bridgehead atoms. The van der Waals surface area contributed by atoms with Crippen LogP contribution >= 0.6 is 43.5 Å². The van der Waals surface area contributed by atoms with Crippen molar-refractivity contribution >= 4 is 48.7 Å². The van der Waals surface area contributed by atoms with Crippen LogP contribution in [0.5, 0.6) is 0 Å². The minimum atomic E-state index is -0.616. The number of hydrogen-bond donors (Lipinski definition) is 0. The Kier molecular flexibility index (Phi) is 5.01. The number of rotatable bonds is 3. The summed E-state index contributed by atoms with van der Waals surface area (Å²) in [4.78, 5) is 11.0. The third-order valence-corrected chi connectivity index (χ3v) is 6.21. The van der Waals surface area contributed by atoms with Crippen molar-refractivity contribution in [3.8, 4) is 0 Å². The topological polar surface area (TPSA) is 17.1 Å². The lowest BCUT2D eigenvalue weighted by Gasteiger charge is -2.40. The van der Waals surface area contributed by atoms with E-state index in [1.807, 2.05) is 13.8 Å². The average molecular weight is 389 g/mol. The van der Waals surface area contributed by atoms with Gasteiger partial charge in [0.25, 0.3) is 5.24 Å². The molecule has 0 saturated heterocycles. The molecule has 0 aromatic heterocycles. The lowest BCUT2D eigenvalue weighted by molar-refractivity contribution is -0.108. The van der Waals surface area contributed by atoms with E-state index in [-0.39, 0.29) is 11.4 Å². The van der Waals surface area contributed by atoms with Crippen molar-refractivity contribution in [1.82, 2.24) is 0 Å². The van der Waals surface area contributed by atoms with E-state index in [1.54, 1.807) is 6.92 Å². The third-order valence-electron chi connectivity index (χ3n) is 3.56. The van der Waals surface area contributed by atoms with Gasteiger partial charge in [0.05, 0.1) is 10.4 Å². The monoisotopic (exact) mass is 386 g/mol. The van der Waals surface area contributed by atoms with Gasteiger partial charge in [-0.15, -0.1) is 0 Å². The second-order valence-electron chi connectivity index (χ2n) is 4.16. The molecular formula is C12H14Br2ClFO. The minimum Gasteiger partial charge on any atom is -0.276 e. The van der Waals surface area contributed by atoms with Crippen LogP contribution in [0.15, 0.2) is 21.5 Å². The van der Waals surface area contributed by atoms with Crippen molar-refractivity contribution in [2.75, 3.05) is 0 Å². The Morgan fingerprint density at radius 3 is 2.29 bits per heavy atom. The SMILES string of the molecule is CCC1(CC)C(Br)=C(C(=O)Cl)C(C)=C(F)C1Br. The van der Waals surface area contributed by atoms with Crippen molar-refractivity contribution in [3.63, 3.8) is 0 Å². The molecule has 0 aromatic carbocycles. The summed E-state index contributed by atoms with van der Waals surface area (Å²) < 4.78 is 14.9. The van der Waals surface area contributed by atoms with Gasteiger partial charge in [0.15, 0.2) is 0 Å². The summed E-state index contributed by atoms with van der Waals surface area (Å²) in [6.07, 6.45) is 1.43. The molecule has 1 aliphatic carbocycles. The quantitative estimate of drug-likeness (QED) is 0.478. The fraction of sp³-hybridized carbons (Fsp3) is 0.583. The van der Waals surface area contributed by atoms with Crippen LogP contribution in [0.3, 0.4) is 0 Å². The van der Waals surface area contributed by atoms with Crippen molar-refractivity contribution in [2.24, 2.45) is 5.41 Å². The van der Waals surface area contributed by atoms with Crippen LogP contribution in [-0.4, -0.2) is 10.1 Å². The van der Waals surface area contributed by atoms with E-state index in [1.165, 1.54) is 0 Å². The predicted molar refractivity (Wildman–Crippen MR) is 76.4 cm³/mol. The summed E-state index contributed by atoms with van der Waals surface area (Å²) in [5.74, 6) is -0.305. The molecule has 17 heavy (non-hydrogen) atoms. The number of carbonyl (C=O) groups excluding carboxylic acids is 1. The standard InChI is InChI=1S/C12H14Br2ClFO/c1-4-12(5-2)9(13)7(11(15)17)6(3)8(16)10(12)14/h10H,4-5H2,1-3H3. The zero-order chi connectivity index (χ0) is 13.4. The van der Waals surface area contributed by atoms with Crippen LogP contribution in [0.4, 0.5) is 4.39 Å². The number of allylic oxidation sites excluding steroid dienone is 4.